The van der Waals surface area contributed by atoms with Gasteiger partial charge in [-0.1, -0.05) is 41.9 Å². The van der Waals surface area contributed by atoms with Gasteiger partial charge in [-0.05, 0) is 30.9 Å². The van der Waals surface area contributed by atoms with Gasteiger partial charge in [0.15, 0.2) is 5.11 Å². The van der Waals surface area contributed by atoms with E-state index in [0.717, 1.165) is 19.6 Å². The van der Waals surface area contributed by atoms with E-state index in [1.54, 1.807) is 0 Å². The van der Waals surface area contributed by atoms with Gasteiger partial charge in [0, 0.05) is 31.8 Å². The summed E-state index contributed by atoms with van der Waals surface area (Å²) >= 11 is 11.8. The quantitative estimate of drug-likeness (QED) is 0.486. The van der Waals surface area contributed by atoms with Gasteiger partial charge in [-0.2, -0.15) is 0 Å². The highest BCUT2D eigenvalue weighted by molar-refractivity contribution is 7.80. The molecule has 1 atom stereocenters. The van der Waals surface area contributed by atoms with Crippen LogP contribution in [0.2, 0.25) is 5.02 Å². The van der Waals surface area contributed by atoms with E-state index in [4.69, 9.17) is 23.8 Å². The van der Waals surface area contributed by atoms with Crippen molar-refractivity contribution >= 4 is 40.3 Å². The number of nitro groups is 1. The summed E-state index contributed by atoms with van der Waals surface area (Å²) in [6, 6.07) is 14.6. The van der Waals surface area contributed by atoms with Gasteiger partial charge in [-0.15, -0.1) is 0 Å². The third-order valence-corrected chi connectivity index (χ3v) is 5.10. The van der Waals surface area contributed by atoms with Gasteiger partial charge in [-0.25, -0.2) is 0 Å². The largest absolute Gasteiger partial charge is 0.339 e. The SMILES string of the molecule is CN1CCN(C(=S)Nc2cc([N+](=O)[O-])ccc2Cl)[C@H](c2ccccc2)C1. The minimum Gasteiger partial charge on any atom is -0.339 e. The van der Waals surface area contributed by atoms with Crippen molar-refractivity contribution in [1.82, 2.24) is 9.80 Å². The number of rotatable bonds is 3. The zero-order chi connectivity index (χ0) is 18.7. The maximum Gasteiger partial charge on any atom is 0.271 e. The highest BCUT2D eigenvalue weighted by Gasteiger charge is 2.28. The second kappa shape index (κ2) is 7.99. The third kappa shape index (κ3) is 4.12. The highest BCUT2D eigenvalue weighted by atomic mass is 35.5. The average molecular weight is 391 g/mol. The molecule has 0 unspecified atom stereocenters. The molecule has 3 rings (SSSR count). The monoisotopic (exact) mass is 390 g/mol. The van der Waals surface area contributed by atoms with Crippen molar-refractivity contribution < 1.29 is 4.92 Å². The van der Waals surface area contributed by atoms with Crippen molar-refractivity contribution in [2.24, 2.45) is 0 Å². The lowest BCUT2D eigenvalue weighted by Crippen LogP contribution is -2.50. The number of anilines is 1. The summed E-state index contributed by atoms with van der Waals surface area (Å²) in [5, 5.41) is 15.0. The lowest BCUT2D eigenvalue weighted by Gasteiger charge is -2.41. The molecule has 136 valence electrons. The number of hydrogen-bond donors (Lipinski definition) is 1. The van der Waals surface area contributed by atoms with Gasteiger partial charge in [0.05, 0.1) is 21.7 Å². The van der Waals surface area contributed by atoms with Crippen molar-refractivity contribution in [3.63, 3.8) is 0 Å². The van der Waals surface area contributed by atoms with Crippen LogP contribution in [0.5, 0.6) is 0 Å². The first-order chi connectivity index (χ1) is 12.5. The summed E-state index contributed by atoms with van der Waals surface area (Å²) in [5.74, 6) is 0. The molecule has 2 aromatic rings. The predicted molar refractivity (Wildman–Crippen MR) is 108 cm³/mol. The lowest BCUT2D eigenvalue weighted by atomic mass is 10.0. The number of nitrogens with zero attached hydrogens (tertiary/aromatic N) is 3. The van der Waals surface area contributed by atoms with E-state index in [0.29, 0.717) is 15.8 Å². The molecular weight excluding hydrogens is 372 g/mol. The van der Waals surface area contributed by atoms with Crippen LogP contribution in [0.4, 0.5) is 11.4 Å². The molecule has 1 aliphatic rings. The zero-order valence-electron chi connectivity index (χ0n) is 14.3. The molecule has 6 nitrogen and oxygen atoms in total. The van der Waals surface area contributed by atoms with Gasteiger partial charge < -0.3 is 15.1 Å². The molecule has 1 aliphatic heterocycles. The van der Waals surface area contributed by atoms with E-state index in [2.05, 4.69) is 34.3 Å². The first-order valence-electron chi connectivity index (χ1n) is 8.21. The van der Waals surface area contributed by atoms with E-state index in [-0.39, 0.29) is 11.7 Å². The second-order valence-electron chi connectivity index (χ2n) is 6.23. The van der Waals surface area contributed by atoms with Gasteiger partial charge in [0.2, 0.25) is 0 Å². The summed E-state index contributed by atoms with van der Waals surface area (Å²) in [4.78, 5) is 14.9. The first-order valence-corrected chi connectivity index (χ1v) is 8.99. The number of benzene rings is 2. The fraction of sp³-hybridized carbons (Fsp3) is 0.278. The molecule has 2 aromatic carbocycles. The third-order valence-electron chi connectivity index (χ3n) is 4.43. The maximum atomic E-state index is 11.0. The molecule has 1 N–H and O–H groups in total. The number of thiocarbonyl (C=S) groups is 1. The molecule has 1 heterocycles. The minimum absolute atomic E-state index is 0.0299. The maximum absolute atomic E-state index is 11.0. The number of halogens is 1. The van der Waals surface area contributed by atoms with Gasteiger partial charge >= 0.3 is 0 Å². The number of piperazine rings is 1. The Labute approximate surface area is 162 Å². The molecule has 0 saturated carbocycles. The van der Waals surface area contributed by atoms with Crippen LogP contribution in [-0.2, 0) is 0 Å². The standard InChI is InChI=1S/C18H19ClN4O2S/c1-21-9-10-22(17(12-21)13-5-3-2-4-6-13)18(26)20-16-11-14(23(24)25)7-8-15(16)19/h2-8,11,17H,9-10,12H2,1H3,(H,20,26)/t17-/m0/s1. The number of nitrogens with one attached hydrogen (secondary N) is 1. The molecule has 8 heteroatoms. The van der Waals surface area contributed by atoms with Crippen LogP contribution in [-0.4, -0.2) is 46.5 Å². The average Bonchev–Trinajstić information content (AvgIpc) is 2.64. The Morgan fingerprint density at radius 2 is 2.00 bits per heavy atom. The molecule has 0 radical (unpaired) electrons. The zero-order valence-corrected chi connectivity index (χ0v) is 15.8. The van der Waals surface area contributed by atoms with Crippen LogP contribution >= 0.6 is 23.8 Å². The predicted octanol–water partition coefficient (Wildman–Crippen LogP) is 3.93. The number of hydrogen-bond acceptors (Lipinski definition) is 4. The van der Waals surface area contributed by atoms with Crippen molar-refractivity contribution in [2.75, 3.05) is 32.0 Å². The fourth-order valence-corrected chi connectivity index (χ4v) is 3.53. The van der Waals surface area contributed by atoms with E-state index in [9.17, 15) is 10.1 Å². The molecule has 0 aliphatic carbocycles. The van der Waals surface area contributed by atoms with Crippen LogP contribution in [0.25, 0.3) is 0 Å². The normalized spacial score (nSPS) is 17.8. The van der Waals surface area contributed by atoms with Gasteiger partial charge in [0.25, 0.3) is 5.69 Å². The van der Waals surface area contributed by atoms with E-state index in [1.807, 2.05) is 18.2 Å². The molecule has 0 spiro atoms. The second-order valence-corrected chi connectivity index (χ2v) is 7.03. The van der Waals surface area contributed by atoms with Crippen molar-refractivity contribution in [3.05, 3.63) is 69.2 Å². The Kier molecular flexibility index (Phi) is 5.70. The Morgan fingerprint density at radius 1 is 1.27 bits per heavy atom. The highest BCUT2D eigenvalue weighted by Crippen LogP contribution is 2.29. The van der Waals surface area contributed by atoms with E-state index < -0.39 is 4.92 Å². The first kappa shape index (κ1) is 18.6. The molecular formula is C18H19ClN4O2S. The molecule has 0 aromatic heterocycles. The summed E-state index contributed by atoms with van der Waals surface area (Å²) < 4.78 is 0. The van der Waals surface area contributed by atoms with Crippen LogP contribution in [0.15, 0.2) is 48.5 Å². The summed E-state index contributed by atoms with van der Waals surface area (Å²) in [7, 11) is 2.08. The Bertz CT molecular complexity index is 818. The minimum atomic E-state index is -0.451. The number of nitro benzene ring substituents is 1. The van der Waals surface area contributed by atoms with E-state index >= 15 is 0 Å². The number of likely N-dealkylation sites (N-methyl/N-ethyl adjacent to an activating group) is 1. The molecule has 0 bridgehead atoms. The van der Waals surface area contributed by atoms with E-state index in [1.165, 1.54) is 23.8 Å². The topological polar surface area (TPSA) is 61.6 Å². The van der Waals surface area contributed by atoms with Crippen molar-refractivity contribution in [2.45, 2.75) is 6.04 Å². The Hall–Kier alpha value is -2.22. The molecule has 1 fully saturated rings. The van der Waals surface area contributed by atoms with Crippen LogP contribution in [0, 0.1) is 10.1 Å². The smallest absolute Gasteiger partial charge is 0.271 e. The Balaban J connectivity index is 1.84. The summed E-state index contributed by atoms with van der Waals surface area (Å²) in [6.07, 6.45) is 0. The number of non-ortho nitro benzene ring substituents is 1. The molecule has 0 amide bonds. The lowest BCUT2D eigenvalue weighted by molar-refractivity contribution is -0.384. The van der Waals surface area contributed by atoms with Crippen molar-refractivity contribution in [3.8, 4) is 0 Å². The van der Waals surface area contributed by atoms with Gasteiger partial charge in [0.1, 0.15) is 0 Å². The molecule has 1 saturated heterocycles. The fourth-order valence-electron chi connectivity index (χ4n) is 3.03. The van der Waals surface area contributed by atoms with Crippen LogP contribution < -0.4 is 5.32 Å². The summed E-state index contributed by atoms with van der Waals surface area (Å²) in [6.45, 7) is 2.48. The Morgan fingerprint density at radius 3 is 2.69 bits per heavy atom. The van der Waals surface area contributed by atoms with Crippen LogP contribution in [0.1, 0.15) is 11.6 Å². The van der Waals surface area contributed by atoms with Gasteiger partial charge in [-0.3, -0.25) is 10.1 Å². The van der Waals surface area contributed by atoms with Crippen LogP contribution in [0.3, 0.4) is 0 Å². The molecule has 26 heavy (non-hydrogen) atoms. The summed E-state index contributed by atoms with van der Waals surface area (Å²) in [5.41, 5.74) is 1.59. The van der Waals surface area contributed by atoms with Crippen molar-refractivity contribution in [1.29, 1.82) is 0 Å².